The summed E-state index contributed by atoms with van der Waals surface area (Å²) in [5.41, 5.74) is 1.10. The smallest absolute Gasteiger partial charge is 0.123 e. The zero-order valence-corrected chi connectivity index (χ0v) is 11.0. The van der Waals surface area contributed by atoms with Crippen LogP contribution in [-0.4, -0.2) is 6.04 Å². The summed E-state index contributed by atoms with van der Waals surface area (Å²) in [6.45, 7) is 2.18. The first-order valence-electron chi connectivity index (χ1n) is 7.27. The van der Waals surface area contributed by atoms with E-state index in [1.165, 1.54) is 31.7 Å². The molecule has 0 saturated heterocycles. The summed E-state index contributed by atoms with van der Waals surface area (Å²) in [6, 6.07) is 8.03. The van der Waals surface area contributed by atoms with E-state index in [4.69, 9.17) is 0 Å². The fraction of sp³-hybridized carbons (Fsp3) is 0.625. The molecule has 3 rings (SSSR count). The number of hydrogen-bond donors (Lipinski definition) is 1. The summed E-state index contributed by atoms with van der Waals surface area (Å²) in [4.78, 5) is 0. The van der Waals surface area contributed by atoms with Crippen LogP contribution < -0.4 is 5.32 Å². The summed E-state index contributed by atoms with van der Waals surface area (Å²) in [6.07, 6.45) is 6.59. The minimum atomic E-state index is -0.124. The molecule has 18 heavy (non-hydrogen) atoms. The van der Waals surface area contributed by atoms with Crippen LogP contribution in [0.15, 0.2) is 24.3 Å². The van der Waals surface area contributed by atoms with Gasteiger partial charge in [0.2, 0.25) is 0 Å². The lowest BCUT2D eigenvalue weighted by atomic mass is 9.93. The van der Waals surface area contributed by atoms with Crippen molar-refractivity contribution in [1.82, 2.24) is 5.32 Å². The topological polar surface area (TPSA) is 12.0 Å². The number of rotatable bonds is 4. The maximum Gasteiger partial charge on any atom is 0.123 e. The van der Waals surface area contributed by atoms with E-state index < -0.39 is 0 Å². The zero-order chi connectivity index (χ0) is 12.5. The monoisotopic (exact) mass is 247 g/mol. The highest BCUT2D eigenvalue weighted by Gasteiger charge is 2.39. The first-order valence-corrected chi connectivity index (χ1v) is 7.27. The third-order valence-electron chi connectivity index (χ3n) is 4.81. The Labute approximate surface area is 109 Å². The van der Waals surface area contributed by atoms with Crippen molar-refractivity contribution in [2.75, 3.05) is 0 Å². The van der Waals surface area contributed by atoms with Crippen molar-refractivity contribution in [1.29, 1.82) is 0 Å². The SMILES string of the molecule is CCC(NC1CC2CCC1C2)c1cccc(F)c1. The maximum absolute atomic E-state index is 13.3. The van der Waals surface area contributed by atoms with Crippen molar-refractivity contribution in [3.05, 3.63) is 35.6 Å². The molecule has 4 unspecified atom stereocenters. The third-order valence-corrected chi connectivity index (χ3v) is 4.81. The molecule has 2 fully saturated rings. The number of nitrogens with one attached hydrogen (secondary N) is 1. The Morgan fingerprint density at radius 3 is 2.83 bits per heavy atom. The second kappa shape index (κ2) is 5.00. The lowest BCUT2D eigenvalue weighted by Gasteiger charge is -2.28. The van der Waals surface area contributed by atoms with Gasteiger partial charge in [0.1, 0.15) is 5.82 Å². The van der Waals surface area contributed by atoms with Crippen molar-refractivity contribution in [3.8, 4) is 0 Å². The van der Waals surface area contributed by atoms with Crippen molar-refractivity contribution in [2.45, 2.75) is 51.1 Å². The molecule has 1 aromatic rings. The van der Waals surface area contributed by atoms with Gasteiger partial charge in [-0.1, -0.05) is 25.5 Å². The molecule has 4 atom stereocenters. The molecule has 2 bridgehead atoms. The standard InChI is InChI=1S/C16H22FN/c1-2-15(12-4-3-5-14(17)10-12)18-16-9-11-6-7-13(16)8-11/h3-5,10-11,13,15-16,18H,2,6-9H2,1H3. The van der Waals surface area contributed by atoms with Gasteiger partial charge in [-0.25, -0.2) is 4.39 Å². The fourth-order valence-electron chi connectivity index (χ4n) is 3.88. The van der Waals surface area contributed by atoms with Crippen LogP contribution in [-0.2, 0) is 0 Å². The third kappa shape index (κ3) is 2.31. The molecule has 0 spiro atoms. The molecular weight excluding hydrogens is 225 g/mol. The molecule has 2 aliphatic carbocycles. The Bertz CT molecular complexity index is 417. The van der Waals surface area contributed by atoms with Crippen molar-refractivity contribution in [3.63, 3.8) is 0 Å². The normalized spacial score (nSPS) is 31.8. The highest BCUT2D eigenvalue weighted by Crippen LogP contribution is 2.45. The summed E-state index contributed by atoms with van der Waals surface area (Å²) >= 11 is 0. The van der Waals surface area contributed by atoms with E-state index in [1.807, 2.05) is 12.1 Å². The van der Waals surface area contributed by atoms with Crippen LogP contribution in [0.1, 0.15) is 50.6 Å². The van der Waals surface area contributed by atoms with Gasteiger partial charge < -0.3 is 5.32 Å². The fourth-order valence-corrected chi connectivity index (χ4v) is 3.88. The van der Waals surface area contributed by atoms with Gasteiger partial charge in [0.25, 0.3) is 0 Å². The molecule has 0 aliphatic heterocycles. The molecule has 0 aromatic heterocycles. The van der Waals surface area contributed by atoms with Gasteiger partial charge in [0.05, 0.1) is 0 Å². The first-order chi connectivity index (χ1) is 8.76. The predicted octanol–water partition coefficient (Wildman–Crippen LogP) is 4.06. The van der Waals surface area contributed by atoms with Crippen LogP contribution in [0.5, 0.6) is 0 Å². The Hall–Kier alpha value is -0.890. The summed E-state index contributed by atoms with van der Waals surface area (Å²) in [5, 5.41) is 3.77. The van der Waals surface area contributed by atoms with E-state index in [0.29, 0.717) is 12.1 Å². The molecular formula is C16H22FN. The van der Waals surface area contributed by atoms with Gasteiger partial charge in [0.15, 0.2) is 0 Å². The highest BCUT2D eigenvalue weighted by atomic mass is 19.1. The molecule has 2 aliphatic rings. The second-order valence-electron chi connectivity index (χ2n) is 5.96. The number of benzene rings is 1. The quantitative estimate of drug-likeness (QED) is 0.846. The predicted molar refractivity (Wildman–Crippen MR) is 71.8 cm³/mol. The van der Waals surface area contributed by atoms with Crippen molar-refractivity contribution < 1.29 is 4.39 Å². The van der Waals surface area contributed by atoms with Gasteiger partial charge in [-0.05, 0) is 55.2 Å². The Kier molecular flexibility index (Phi) is 3.38. The maximum atomic E-state index is 13.3. The van der Waals surface area contributed by atoms with Crippen LogP contribution in [0.3, 0.4) is 0 Å². The minimum absolute atomic E-state index is 0.124. The van der Waals surface area contributed by atoms with Crippen LogP contribution in [0, 0.1) is 17.7 Å². The van der Waals surface area contributed by atoms with Gasteiger partial charge in [-0.2, -0.15) is 0 Å². The molecule has 0 radical (unpaired) electrons. The average molecular weight is 247 g/mol. The van der Waals surface area contributed by atoms with Gasteiger partial charge in [-0.3, -0.25) is 0 Å². The summed E-state index contributed by atoms with van der Waals surface area (Å²) in [5.74, 6) is 1.70. The highest BCUT2D eigenvalue weighted by molar-refractivity contribution is 5.20. The van der Waals surface area contributed by atoms with Crippen LogP contribution in [0.25, 0.3) is 0 Å². The molecule has 1 N–H and O–H groups in total. The summed E-state index contributed by atoms with van der Waals surface area (Å²) in [7, 11) is 0. The van der Waals surface area contributed by atoms with Gasteiger partial charge >= 0.3 is 0 Å². The molecule has 1 nitrogen and oxygen atoms in total. The molecule has 2 saturated carbocycles. The lowest BCUT2D eigenvalue weighted by molar-refractivity contribution is 0.315. The second-order valence-corrected chi connectivity index (χ2v) is 5.96. The van der Waals surface area contributed by atoms with Gasteiger partial charge in [0, 0.05) is 12.1 Å². The molecule has 0 heterocycles. The minimum Gasteiger partial charge on any atom is -0.307 e. The Morgan fingerprint density at radius 2 is 2.22 bits per heavy atom. The van der Waals surface area contributed by atoms with E-state index in [1.54, 1.807) is 6.07 Å². The van der Waals surface area contributed by atoms with Crippen molar-refractivity contribution in [2.24, 2.45) is 11.8 Å². The Balaban J connectivity index is 1.69. The van der Waals surface area contributed by atoms with E-state index in [0.717, 1.165) is 23.8 Å². The van der Waals surface area contributed by atoms with E-state index in [2.05, 4.69) is 12.2 Å². The summed E-state index contributed by atoms with van der Waals surface area (Å²) < 4.78 is 13.3. The van der Waals surface area contributed by atoms with Crippen LogP contribution >= 0.6 is 0 Å². The zero-order valence-electron chi connectivity index (χ0n) is 11.0. The molecule has 98 valence electrons. The molecule has 1 aromatic carbocycles. The Morgan fingerprint density at radius 1 is 1.33 bits per heavy atom. The number of fused-ring (bicyclic) bond motifs is 2. The van der Waals surface area contributed by atoms with E-state index in [9.17, 15) is 4.39 Å². The lowest BCUT2D eigenvalue weighted by Crippen LogP contribution is -2.36. The van der Waals surface area contributed by atoms with E-state index in [-0.39, 0.29) is 5.82 Å². The van der Waals surface area contributed by atoms with Crippen LogP contribution in [0.4, 0.5) is 4.39 Å². The van der Waals surface area contributed by atoms with Crippen LogP contribution in [0.2, 0.25) is 0 Å². The van der Waals surface area contributed by atoms with Gasteiger partial charge in [-0.15, -0.1) is 0 Å². The number of halogens is 1. The largest absolute Gasteiger partial charge is 0.307 e. The van der Waals surface area contributed by atoms with Crippen molar-refractivity contribution >= 4 is 0 Å². The first kappa shape index (κ1) is 12.2. The average Bonchev–Trinajstić information content (AvgIpc) is 2.98. The molecule has 2 heteroatoms. The molecule has 0 amide bonds. The van der Waals surface area contributed by atoms with E-state index >= 15 is 0 Å². The number of hydrogen-bond acceptors (Lipinski definition) is 1.